The van der Waals surface area contributed by atoms with Gasteiger partial charge < -0.3 is 9.30 Å². The normalized spacial score (nSPS) is 15.1. The van der Waals surface area contributed by atoms with E-state index >= 15 is 0 Å². The lowest BCUT2D eigenvalue weighted by Gasteiger charge is -2.20. The molecule has 1 aromatic heterocycles. The van der Waals surface area contributed by atoms with Crippen LogP contribution in [0.2, 0.25) is 5.15 Å². The standard InChI is InChI=1S/C12H18ClN3O2/c1-3-18-12(17)8-16(9-4-5-9)7-11-14-6-10(13)15(11)2/h6,9H,3-5,7-8H2,1-2H3. The second-order valence-electron chi connectivity index (χ2n) is 4.50. The van der Waals surface area contributed by atoms with Crippen LogP contribution in [0.1, 0.15) is 25.6 Å². The number of hydrogen-bond acceptors (Lipinski definition) is 4. The molecule has 0 N–H and O–H groups in total. The van der Waals surface area contributed by atoms with Gasteiger partial charge in [0.2, 0.25) is 0 Å². The van der Waals surface area contributed by atoms with Gasteiger partial charge in [0.15, 0.2) is 0 Å². The summed E-state index contributed by atoms with van der Waals surface area (Å²) >= 11 is 5.95. The third-order valence-electron chi connectivity index (χ3n) is 3.07. The van der Waals surface area contributed by atoms with Crippen LogP contribution in [0.3, 0.4) is 0 Å². The summed E-state index contributed by atoms with van der Waals surface area (Å²) in [5.74, 6) is 0.695. The van der Waals surface area contributed by atoms with E-state index in [1.807, 2.05) is 18.5 Å². The van der Waals surface area contributed by atoms with Crippen molar-refractivity contribution < 1.29 is 9.53 Å². The number of carbonyl (C=O) groups excluding carboxylic acids is 1. The van der Waals surface area contributed by atoms with Crippen molar-refractivity contribution in [2.75, 3.05) is 13.2 Å². The van der Waals surface area contributed by atoms with E-state index in [4.69, 9.17) is 16.3 Å². The average Bonchev–Trinajstić information content (AvgIpc) is 3.11. The highest BCUT2D eigenvalue weighted by molar-refractivity contribution is 6.29. The lowest BCUT2D eigenvalue weighted by molar-refractivity contribution is -0.144. The molecule has 1 aliphatic carbocycles. The molecule has 0 radical (unpaired) electrons. The van der Waals surface area contributed by atoms with Gasteiger partial charge in [-0.25, -0.2) is 4.98 Å². The van der Waals surface area contributed by atoms with Gasteiger partial charge in [0, 0.05) is 13.1 Å². The first kappa shape index (κ1) is 13.4. The number of aromatic nitrogens is 2. The molecule has 0 bridgehead atoms. The molecule has 0 spiro atoms. The first-order valence-corrected chi connectivity index (χ1v) is 6.55. The van der Waals surface area contributed by atoms with Crippen molar-refractivity contribution in [1.29, 1.82) is 0 Å². The molecule has 0 amide bonds. The van der Waals surface area contributed by atoms with Crippen molar-refractivity contribution in [2.24, 2.45) is 7.05 Å². The summed E-state index contributed by atoms with van der Waals surface area (Å²) in [5.41, 5.74) is 0. The maximum atomic E-state index is 11.5. The highest BCUT2D eigenvalue weighted by Gasteiger charge is 2.31. The number of nitrogens with zero attached hydrogens (tertiary/aromatic N) is 3. The Bertz CT molecular complexity index is 429. The number of ether oxygens (including phenoxy) is 1. The zero-order valence-corrected chi connectivity index (χ0v) is 11.5. The topological polar surface area (TPSA) is 47.4 Å². The minimum absolute atomic E-state index is 0.176. The molecular formula is C12H18ClN3O2. The van der Waals surface area contributed by atoms with Crippen LogP contribution in [-0.2, 0) is 23.1 Å². The number of imidazole rings is 1. The van der Waals surface area contributed by atoms with Crippen LogP contribution in [-0.4, -0.2) is 39.6 Å². The second kappa shape index (κ2) is 5.71. The van der Waals surface area contributed by atoms with Crippen LogP contribution in [0.15, 0.2) is 6.20 Å². The SMILES string of the molecule is CCOC(=O)CN(Cc1ncc(Cl)n1C)C1CC1. The maximum Gasteiger partial charge on any atom is 0.320 e. The van der Waals surface area contributed by atoms with Crippen molar-refractivity contribution in [3.63, 3.8) is 0 Å². The molecule has 1 saturated carbocycles. The Morgan fingerprint density at radius 1 is 1.67 bits per heavy atom. The average molecular weight is 272 g/mol. The summed E-state index contributed by atoms with van der Waals surface area (Å²) < 4.78 is 6.82. The van der Waals surface area contributed by atoms with Gasteiger partial charge in [0.25, 0.3) is 0 Å². The van der Waals surface area contributed by atoms with Crippen LogP contribution in [0.25, 0.3) is 0 Å². The molecule has 100 valence electrons. The van der Waals surface area contributed by atoms with Crippen molar-refractivity contribution in [1.82, 2.24) is 14.5 Å². The molecule has 18 heavy (non-hydrogen) atoms. The van der Waals surface area contributed by atoms with Crippen molar-refractivity contribution >= 4 is 17.6 Å². The van der Waals surface area contributed by atoms with Crippen LogP contribution in [0, 0.1) is 0 Å². The molecule has 1 fully saturated rings. The van der Waals surface area contributed by atoms with E-state index < -0.39 is 0 Å². The van der Waals surface area contributed by atoms with Crippen molar-refractivity contribution in [3.05, 3.63) is 17.2 Å². The Hall–Kier alpha value is -1.07. The zero-order valence-electron chi connectivity index (χ0n) is 10.7. The number of halogens is 1. The quantitative estimate of drug-likeness (QED) is 0.738. The van der Waals surface area contributed by atoms with E-state index in [1.165, 1.54) is 0 Å². The Balaban J connectivity index is 1.98. The molecule has 1 aromatic rings. The fraction of sp³-hybridized carbons (Fsp3) is 0.667. The van der Waals surface area contributed by atoms with E-state index in [0.29, 0.717) is 30.9 Å². The molecular weight excluding hydrogens is 254 g/mol. The lowest BCUT2D eigenvalue weighted by Crippen LogP contribution is -2.33. The van der Waals surface area contributed by atoms with Gasteiger partial charge >= 0.3 is 5.97 Å². The van der Waals surface area contributed by atoms with Crippen molar-refractivity contribution in [2.45, 2.75) is 32.4 Å². The summed E-state index contributed by atoms with van der Waals surface area (Å²) in [6, 6.07) is 0.477. The third-order valence-corrected chi connectivity index (χ3v) is 3.42. The highest BCUT2D eigenvalue weighted by Crippen LogP contribution is 2.28. The summed E-state index contributed by atoms with van der Waals surface area (Å²) in [7, 11) is 1.88. The Morgan fingerprint density at radius 2 is 2.39 bits per heavy atom. The summed E-state index contributed by atoms with van der Waals surface area (Å²) in [6.45, 7) is 3.19. The number of hydrogen-bond donors (Lipinski definition) is 0. The van der Waals surface area contributed by atoms with Crippen LogP contribution < -0.4 is 0 Å². The Labute approximate surface area is 112 Å². The first-order valence-electron chi connectivity index (χ1n) is 6.17. The first-order chi connectivity index (χ1) is 8.61. The predicted octanol–water partition coefficient (Wildman–Crippen LogP) is 1.60. The summed E-state index contributed by atoms with van der Waals surface area (Å²) in [4.78, 5) is 17.9. The fourth-order valence-electron chi connectivity index (χ4n) is 1.88. The van der Waals surface area contributed by atoms with E-state index in [0.717, 1.165) is 18.7 Å². The molecule has 0 atom stereocenters. The molecule has 1 aliphatic rings. The molecule has 0 unspecified atom stereocenters. The number of esters is 1. The van der Waals surface area contributed by atoms with Crippen LogP contribution >= 0.6 is 11.6 Å². The molecule has 0 saturated heterocycles. The number of rotatable bonds is 6. The fourth-order valence-corrected chi connectivity index (χ4v) is 2.03. The smallest absolute Gasteiger partial charge is 0.320 e. The molecule has 0 aromatic carbocycles. The third kappa shape index (κ3) is 3.23. The summed E-state index contributed by atoms with van der Waals surface area (Å²) in [6.07, 6.45) is 3.90. The molecule has 0 aliphatic heterocycles. The van der Waals surface area contributed by atoms with Crippen LogP contribution in [0.4, 0.5) is 0 Å². The Morgan fingerprint density at radius 3 is 2.89 bits per heavy atom. The Kier molecular flexibility index (Phi) is 4.24. The monoisotopic (exact) mass is 271 g/mol. The predicted molar refractivity (Wildman–Crippen MR) is 68.3 cm³/mol. The maximum absolute atomic E-state index is 11.5. The highest BCUT2D eigenvalue weighted by atomic mass is 35.5. The minimum Gasteiger partial charge on any atom is -0.465 e. The number of carbonyl (C=O) groups is 1. The van der Waals surface area contributed by atoms with Gasteiger partial charge in [-0.05, 0) is 19.8 Å². The van der Waals surface area contributed by atoms with Gasteiger partial charge in [-0.2, -0.15) is 0 Å². The minimum atomic E-state index is -0.176. The van der Waals surface area contributed by atoms with Gasteiger partial charge in [-0.15, -0.1) is 0 Å². The van der Waals surface area contributed by atoms with Gasteiger partial charge in [0.1, 0.15) is 11.0 Å². The van der Waals surface area contributed by atoms with Gasteiger partial charge in [-0.3, -0.25) is 9.69 Å². The summed E-state index contributed by atoms with van der Waals surface area (Å²) in [5, 5.41) is 0.608. The second-order valence-corrected chi connectivity index (χ2v) is 4.88. The van der Waals surface area contributed by atoms with E-state index in [1.54, 1.807) is 6.20 Å². The van der Waals surface area contributed by atoms with Crippen molar-refractivity contribution in [3.8, 4) is 0 Å². The zero-order chi connectivity index (χ0) is 13.1. The molecule has 5 nitrogen and oxygen atoms in total. The largest absolute Gasteiger partial charge is 0.465 e. The lowest BCUT2D eigenvalue weighted by atomic mass is 10.4. The van der Waals surface area contributed by atoms with E-state index in [2.05, 4.69) is 9.88 Å². The van der Waals surface area contributed by atoms with Crippen LogP contribution in [0.5, 0.6) is 0 Å². The van der Waals surface area contributed by atoms with E-state index in [-0.39, 0.29) is 5.97 Å². The van der Waals surface area contributed by atoms with Gasteiger partial charge in [0.05, 0.1) is 25.9 Å². The van der Waals surface area contributed by atoms with Gasteiger partial charge in [-0.1, -0.05) is 11.6 Å². The molecule has 2 rings (SSSR count). The molecule has 1 heterocycles. The van der Waals surface area contributed by atoms with E-state index in [9.17, 15) is 4.79 Å². The molecule has 6 heteroatoms.